The Morgan fingerprint density at radius 1 is 1.38 bits per heavy atom. The first kappa shape index (κ1) is 8.76. The minimum absolute atomic E-state index is 0.0248. The van der Waals surface area contributed by atoms with Crippen LogP contribution in [-0.2, 0) is 12.0 Å². The van der Waals surface area contributed by atoms with E-state index in [0.29, 0.717) is 0 Å². The molecule has 0 atom stereocenters. The molecule has 2 rings (SSSR count). The maximum Gasteiger partial charge on any atom is 0.0411 e. The first-order valence-electron chi connectivity index (χ1n) is 5.04. The van der Waals surface area contributed by atoms with Crippen molar-refractivity contribution in [1.82, 2.24) is 0 Å². The molecule has 1 aromatic carbocycles. The van der Waals surface area contributed by atoms with Crippen molar-refractivity contribution in [2.75, 3.05) is 0 Å². The van der Waals surface area contributed by atoms with E-state index < -0.39 is 0 Å². The molecule has 0 saturated heterocycles. The average molecular weight is 175 g/mol. The average Bonchev–Trinajstić information content (AvgIpc) is 2.85. The number of benzene rings is 1. The van der Waals surface area contributed by atoms with Crippen molar-refractivity contribution >= 4 is 0 Å². The van der Waals surface area contributed by atoms with E-state index in [4.69, 9.17) is 5.73 Å². The molecule has 0 bridgehead atoms. The highest BCUT2D eigenvalue weighted by molar-refractivity contribution is 5.37. The molecule has 0 unspecified atom stereocenters. The van der Waals surface area contributed by atoms with E-state index in [0.717, 1.165) is 19.3 Å². The molecule has 0 spiro atoms. The third-order valence-corrected chi connectivity index (χ3v) is 3.09. The Labute approximate surface area is 80.0 Å². The van der Waals surface area contributed by atoms with Crippen LogP contribution in [0.3, 0.4) is 0 Å². The van der Waals surface area contributed by atoms with Gasteiger partial charge in [0.2, 0.25) is 0 Å². The Morgan fingerprint density at radius 2 is 2.08 bits per heavy atom. The van der Waals surface area contributed by atoms with Crippen LogP contribution in [0.4, 0.5) is 0 Å². The molecule has 1 nitrogen and oxygen atoms in total. The van der Waals surface area contributed by atoms with Crippen molar-refractivity contribution in [1.29, 1.82) is 0 Å². The van der Waals surface area contributed by atoms with Crippen LogP contribution in [0.15, 0.2) is 18.2 Å². The van der Waals surface area contributed by atoms with E-state index in [1.165, 1.54) is 16.7 Å². The van der Waals surface area contributed by atoms with Crippen LogP contribution in [-0.4, -0.2) is 0 Å². The van der Waals surface area contributed by atoms with Gasteiger partial charge < -0.3 is 5.73 Å². The van der Waals surface area contributed by atoms with E-state index in [1.54, 1.807) is 0 Å². The largest absolute Gasteiger partial charge is 0.321 e. The SMILES string of the molecule is CCc1ccc(C2(N)CC2)cc1C. The van der Waals surface area contributed by atoms with Crippen molar-refractivity contribution in [3.8, 4) is 0 Å². The van der Waals surface area contributed by atoms with E-state index in [1.807, 2.05) is 0 Å². The molecule has 1 saturated carbocycles. The predicted octanol–water partition coefficient (Wildman–Crippen LogP) is 2.51. The minimum atomic E-state index is 0.0248. The van der Waals surface area contributed by atoms with Gasteiger partial charge in [-0.15, -0.1) is 0 Å². The first-order chi connectivity index (χ1) is 6.15. The van der Waals surface area contributed by atoms with Crippen LogP contribution in [0.1, 0.15) is 36.5 Å². The second-order valence-electron chi connectivity index (χ2n) is 4.15. The van der Waals surface area contributed by atoms with Gasteiger partial charge in [0.15, 0.2) is 0 Å². The van der Waals surface area contributed by atoms with E-state index in [2.05, 4.69) is 32.0 Å². The number of hydrogen-bond donors (Lipinski definition) is 1. The summed E-state index contributed by atoms with van der Waals surface area (Å²) in [6.45, 7) is 4.37. The fraction of sp³-hybridized carbons (Fsp3) is 0.500. The van der Waals surface area contributed by atoms with Gasteiger partial charge in [-0.25, -0.2) is 0 Å². The van der Waals surface area contributed by atoms with Gasteiger partial charge >= 0.3 is 0 Å². The summed E-state index contributed by atoms with van der Waals surface area (Å²) in [5, 5.41) is 0. The van der Waals surface area contributed by atoms with Crippen LogP contribution >= 0.6 is 0 Å². The van der Waals surface area contributed by atoms with Gasteiger partial charge in [-0.1, -0.05) is 25.1 Å². The summed E-state index contributed by atoms with van der Waals surface area (Å²) >= 11 is 0. The molecule has 1 aliphatic rings. The molecule has 1 fully saturated rings. The molecule has 0 aromatic heterocycles. The lowest BCUT2D eigenvalue weighted by Crippen LogP contribution is -2.18. The molecule has 70 valence electrons. The number of hydrogen-bond acceptors (Lipinski definition) is 1. The maximum atomic E-state index is 6.13. The normalized spacial score (nSPS) is 18.7. The topological polar surface area (TPSA) is 26.0 Å². The number of nitrogens with two attached hydrogens (primary N) is 1. The summed E-state index contributed by atoms with van der Waals surface area (Å²) in [4.78, 5) is 0. The highest BCUT2D eigenvalue weighted by atomic mass is 14.8. The Bertz CT molecular complexity index is 324. The Balaban J connectivity index is 2.36. The summed E-state index contributed by atoms with van der Waals surface area (Å²) in [7, 11) is 0. The zero-order valence-corrected chi connectivity index (χ0v) is 8.43. The number of rotatable bonds is 2. The lowest BCUT2D eigenvalue weighted by molar-refractivity contribution is 0.738. The van der Waals surface area contributed by atoms with Crippen LogP contribution < -0.4 is 5.73 Å². The van der Waals surface area contributed by atoms with Gasteiger partial charge in [-0.05, 0) is 42.9 Å². The van der Waals surface area contributed by atoms with Crippen LogP contribution in [0, 0.1) is 6.92 Å². The maximum absolute atomic E-state index is 6.13. The zero-order valence-electron chi connectivity index (χ0n) is 8.43. The fourth-order valence-corrected chi connectivity index (χ4v) is 1.83. The predicted molar refractivity (Wildman–Crippen MR) is 55.7 cm³/mol. The molecular weight excluding hydrogens is 158 g/mol. The zero-order chi connectivity index (χ0) is 9.47. The van der Waals surface area contributed by atoms with Crippen molar-refractivity contribution in [2.45, 2.75) is 38.6 Å². The standard InChI is InChI=1S/C12H17N/c1-3-10-4-5-11(8-9(10)2)12(13)6-7-12/h4-5,8H,3,6-7,13H2,1-2H3. The van der Waals surface area contributed by atoms with Gasteiger partial charge in [-0.2, -0.15) is 0 Å². The first-order valence-corrected chi connectivity index (χ1v) is 5.04. The lowest BCUT2D eigenvalue weighted by Gasteiger charge is -2.11. The van der Waals surface area contributed by atoms with Crippen LogP contribution in [0.2, 0.25) is 0 Å². The Hall–Kier alpha value is -0.820. The number of aryl methyl sites for hydroxylation is 2. The molecule has 1 heteroatoms. The molecule has 2 N–H and O–H groups in total. The highest BCUT2D eigenvalue weighted by Crippen LogP contribution is 2.42. The molecule has 1 aliphatic carbocycles. The highest BCUT2D eigenvalue weighted by Gasteiger charge is 2.39. The Kier molecular flexibility index (Phi) is 1.92. The van der Waals surface area contributed by atoms with Crippen molar-refractivity contribution in [2.24, 2.45) is 5.73 Å². The van der Waals surface area contributed by atoms with E-state index >= 15 is 0 Å². The molecule has 0 heterocycles. The van der Waals surface area contributed by atoms with Crippen molar-refractivity contribution < 1.29 is 0 Å². The quantitative estimate of drug-likeness (QED) is 0.734. The third kappa shape index (κ3) is 1.49. The van der Waals surface area contributed by atoms with E-state index in [-0.39, 0.29) is 5.54 Å². The van der Waals surface area contributed by atoms with E-state index in [9.17, 15) is 0 Å². The Morgan fingerprint density at radius 3 is 2.54 bits per heavy atom. The van der Waals surface area contributed by atoms with Gasteiger partial charge in [0.1, 0.15) is 0 Å². The molecule has 0 radical (unpaired) electrons. The summed E-state index contributed by atoms with van der Waals surface area (Å²) in [6.07, 6.45) is 3.42. The van der Waals surface area contributed by atoms with Gasteiger partial charge in [-0.3, -0.25) is 0 Å². The van der Waals surface area contributed by atoms with Gasteiger partial charge in [0.25, 0.3) is 0 Å². The molecule has 13 heavy (non-hydrogen) atoms. The smallest absolute Gasteiger partial charge is 0.0411 e. The summed E-state index contributed by atoms with van der Waals surface area (Å²) in [5.41, 5.74) is 10.3. The lowest BCUT2D eigenvalue weighted by atomic mass is 9.98. The minimum Gasteiger partial charge on any atom is -0.321 e. The molecule has 1 aromatic rings. The summed E-state index contributed by atoms with van der Waals surface area (Å²) in [5.74, 6) is 0. The van der Waals surface area contributed by atoms with Crippen LogP contribution in [0.5, 0.6) is 0 Å². The second kappa shape index (κ2) is 2.85. The van der Waals surface area contributed by atoms with Crippen LogP contribution in [0.25, 0.3) is 0 Å². The second-order valence-corrected chi connectivity index (χ2v) is 4.15. The van der Waals surface area contributed by atoms with Gasteiger partial charge in [0, 0.05) is 5.54 Å². The van der Waals surface area contributed by atoms with Crippen molar-refractivity contribution in [3.63, 3.8) is 0 Å². The molecule has 0 amide bonds. The molecular formula is C12H17N. The van der Waals surface area contributed by atoms with Crippen molar-refractivity contribution in [3.05, 3.63) is 34.9 Å². The molecule has 0 aliphatic heterocycles. The summed E-state index contributed by atoms with van der Waals surface area (Å²) in [6, 6.07) is 6.67. The third-order valence-electron chi connectivity index (χ3n) is 3.09. The monoisotopic (exact) mass is 175 g/mol. The summed E-state index contributed by atoms with van der Waals surface area (Å²) < 4.78 is 0. The van der Waals surface area contributed by atoms with Gasteiger partial charge in [0.05, 0.1) is 0 Å². The fourth-order valence-electron chi connectivity index (χ4n) is 1.83.